The molecule has 0 heterocycles. The molecule has 4 fully saturated rings. The van der Waals surface area contributed by atoms with Gasteiger partial charge in [0.2, 0.25) is 0 Å². The van der Waals surface area contributed by atoms with Crippen molar-refractivity contribution in [2.24, 2.45) is 17.3 Å². The maximum Gasteiger partial charge on any atom is -0.0261 e. The van der Waals surface area contributed by atoms with Gasteiger partial charge >= 0.3 is 0 Å². The minimum Gasteiger partial charge on any atom is -0.0533 e. The van der Waals surface area contributed by atoms with Crippen LogP contribution in [0.1, 0.15) is 51.4 Å². The van der Waals surface area contributed by atoms with Crippen LogP contribution in [0, 0.1) is 17.3 Å². The van der Waals surface area contributed by atoms with Crippen LogP contribution in [0.2, 0.25) is 0 Å². The Morgan fingerprint density at radius 1 is 0.818 bits per heavy atom. The lowest BCUT2D eigenvalue weighted by atomic mass is 9.39. The standard InChI is InChI=1S/C11H18/c1-2-4-10(5-3-1)11-6-9(7-11)8-11/h9-10H,1-8H2. The van der Waals surface area contributed by atoms with Crippen LogP contribution in [0.4, 0.5) is 0 Å². The summed E-state index contributed by atoms with van der Waals surface area (Å²) < 4.78 is 0. The Morgan fingerprint density at radius 2 is 1.45 bits per heavy atom. The van der Waals surface area contributed by atoms with Crippen LogP contribution < -0.4 is 0 Å². The minimum atomic E-state index is 0.936. The Hall–Kier alpha value is 0. The molecule has 0 amide bonds. The molecular formula is C11H18. The van der Waals surface area contributed by atoms with Gasteiger partial charge in [-0.2, -0.15) is 0 Å². The van der Waals surface area contributed by atoms with Gasteiger partial charge in [0.05, 0.1) is 0 Å². The van der Waals surface area contributed by atoms with Crippen molar-refractivity contribution < 1.29 is 0 Å². The number of hydrogen-bond acceptors (Lipinski definition) is 0. The lowest BCUT2D eigenvalue weighted by Crippen LogP contribution is -2.56. The first-order valence-corrected chi connectivity index (χ1v) is 5.39. The lowest BCUT2D eigenvalue weighted by molar-refractivity contribution is -0.159. The first-order chi connectivity index (χ1) is 5.39. The fourth-order valence-electron chi connectivity index (χ4n) is 3.76. The molecular weight excluding hydrogens is 132 g/mol. The second-order valence-electron chi connectivity index (χ2n) is 5.18. The quantitative estimate of drug-likeness (QED) is 0.537. The Morgan fingerprint density at radius 3 is 1.91 bits per heavy atom. The van der Waals surface area contributed by atoms with E-state index in [1.54, 1.807) is 32.1 Å². The van der Waals surface area contributed by atoms with Gasteiger partial charge < -0.3 is 0 Å². The zero-order valence-electron chi connectivity index (χ0n) is 7.31. The van der Waals surface area contributed by atoms with Gasteiger partial charge in [-0.25, -0.2) is 0 Å². The summed E-state index contributed by atoms with van der Waals surface area (Å²) in [5.74, 6) is 2.36. The molecule has 11 heavy (non-hydrogen) atoms. The van der Waals surface area contributed by atoms with Crippen LogP contribution in [-0.2, 0) is 0 Å². The summed E-state index contributed by atoms with van der Waals surface area (Å²) in [7, 11) is 0. The Balaban J connectivity index is 1.68. The van der Waals surface area contributed by atoms with Crippen molar-refractivity contribution in [1.29, 1.82) is 0 Å². The normalized spacial score (nSPS) is 49.6. The molecule has 4 aliphatic rings. The molecule has 0 aliphatic heterocycles. The SMILES string of the molecule is C1CCC(C23CC(C2)C3)CC1. The van der Waals surface area contributed by atoms with E-state index in [1.165, 1.54) is 31.1 Å². The van der Waals surface area contributed by atoms with E-state index in [2.05, 4.69) is 0 Å². The molecule has 2 bridgehead atoms. The molecule has 0 radical (unpaired) electrons. The second kappa shape index (κ2) is 2.02. The van der Waals surface area contributed by atoms with E-state index in [1.807, 2.05) is 0 Å². The fourth-order valence-corrected chi connectivity index (χ4v) is 3.76. The summed E-state index contributed by atoms with van der Waals surface area (Å²) in [6.07, 6.45) is 12.6. The lowest BCUT2D eigenvalue weighted by Gasteiger charge is -2.66. The monoisotopic (exact) mass is 150 g/mol. The van der Waals surface area contributed by atoms with Gasteiger partial charge in [0.1, 0.15) is 0 Å². The largest absolute Gasteiger partial charge is 0.0533 e. The van der Waals surface area contributed by atoms with Crippen molar-refractivity contribution in [3.05, 3.63) is 0 Å². The van der Waals surface area contributed by atoms with Gasteiger partial charge in [0.25, 0.3) is 0 Å². The third-order valence-corrected chi connectivity index (χ3v) is 4.56. The van der Waals surface area contributed by atoms with E-state index >= 15 is 0 Å². The highest BCUT2D eigenvalue weighted by atomic mass is 14.6. The van der Waals surface area contributed by atoms with Crippen LogP contribution in [0.5, 0.6) is 0 Å². The maximum atomic E-state index is 1.62. The molecule has 0 N–H and O–H groups in total. The van der Waals surface area contributed by atoms with E-state index in [9.17, 15) is 0 Å². The molecule has 4 aliphatic carbocycles. The van der Waals surface area contributed by atoms with Crippen molar-refractivity contribution in [1.82, 2.24) is 0 Å². The van der Waals surface area contributed by atoms with Gasteiger partial charge in [0.15, 0.2) is 0 Å². The van der Waals surface area contributed by atoms with Crippen molar-refractivity contribution in [2.75, 3.05) is 0 Å². The van der Waals surface area contributed by atoms with Crippen LogP contribution in [0.3, 0.4) is 0 Å². The van der Waals surface area contributed by atoms with Gasteiger partial charge in [-0.15, -0.1) is 0 Å². The maximum absolute atomic E-state index is 1.62. The van der Waals surface area contributed by atoms with E-state index < -0.39 is 0 Å². The Bertz CT molecular complexity index is 148. The van der Waals surface area contributed by atoms with Crippen LogP contribution in [0.25, 0.3) is 0 Å². The van der Waals surface area contributed by atoms with Crippen molar-refractivity contribution in [3.63, 3.8) is 0 Å². The Labute approximate surface area is 69.4 Å². The molecule has 0 heteroatoms. The average molecular weight is 150 g/mol. The van der Waals surface area contributed by atoms with Crippen LogP contribution in [0.15, 0.2) is 0 Å². The average Bonchev–Trinajstić information content (AvgIpc) is 1.83. The predicted molar refractivity (Wildman–Crippen MR) is 46.3 cm³/mol. The molecule has 0 atom stereocenters. The first kappa shape index (κ1) is 6.51. The van der Waals surface area contributed by atoms with Crippen LogP contribution >= 0.6 is 0 Å². The third kappa shape index (κ3) is 0.761. The molecule has 0 aromatic rings. The van der Waals surface area contributed by atoms with Crippen molar-refractivity contribution in [3.8, 4) is 0 Å². The number of rotatable bonds is 1. The summed E-state index contributed by atoms with van der Waals surface area (Å²) in [5, 5.41) is 0. The highest BCUT2D eigenvalue weighted by molar-refractivity contribution is 5.09. The van der Waals surface area contributed by atoms with E-state index in [4.69, 9.17) is 0 Å². The van der Waals surface area contributed by atoms with Gasteiger partial charge in [-0.05, 0) is 49.4 Å². The summed E-state index contributed by atoms with van der Waals surface area (Å²) in [4.78, 5) is 0. The molecule has 62 valence electrons. The summed E-state index contributed by atoms with van der Waals surface area (Å²) in [6, 6.07) is 0. The number of hydrogen-bond donors (Lipinski definition) is 0. The highest BCUT2D eigenvalue weighted by Gasteiger charge is 2.59. The third-order valence-electron chi connectivity index (χ3n) is 4.56. The van der Waals surface area contributed by atoms with Gasteiger partial charge in [-0.3, -0.25) is 0 Å². The topological polar surface area (TPSA) is 0 Å². The highest BCUT2D eigenvalue weighted by Crippen LogP contribution is 2.70. The summed E-state index contributed by atoms with van der Waals surface area (Å²) in [6.45, 7) is 0. The fraction of sp³-hybridized carbons (Fsp3) is 1.00. The van der Waals surface area contributed by atoms with Crippen molar-refractivity contribution >= 4 is 0 Å². The zero-order valence-corrected chi connectivity index (χ0v) is 7.31. The molecule has 4 saturated carbocycles. The molecule has 0 nitrogen and oxygen atoms in total. The summed E-state index contributed by atoms with van der Waals surface area (Å²) >= 11 is 0. The first-order valence-electron chi connectivity index (χ1n) is 5.39. The molecule has 0 aromatic carbocycles. The molecule has 4 rings (SSSR count). The Kier molecular flexibility index (Phi) is 1.20. The van der Waals surface area contributed by atoms with Crippen LogP contribution in [-0.4, -0.2) is 0 Å². The van der Waals surface area contributed by atoms with Gasteiger partial charge in [0, 0.05) is 0 Å². The minimum absolute atomic E-state index is 0.936. The molecule has 0 saturated heterocycles. The molecule has 0 unspecified atom stereocenters. The van der Waals surface area contributed by atoms with E-state index in [0.717, 1.165) is 5.41 Å². The van der Waals surface area contributed by atoms with Gasteiger partial charge in [-0.1, -0.05) is 19.3 Å². The molecule has 0 spiro atoms. The van der Waals surface area contributed by atoms with Crippen molar-refractivity contribution in [2.45, 2.75) is 51.4 Å². The zero-order chi connectivity index (χ0) is 7.31. The van der Waals surface area contributed by atoms with E-state index in [-0.39, 0.29) is 0 Å². The summed E-state index contributed by atoms with van der Waals surface area (Å²) in [5.41, 5.74) is 0.936. The predicted octanol–water partition coefficient (Wildman–Crippen LogP) is 3.37. The van der Waals surface area contributed by atoms with E-state index in [0.29, 0.717) is 0 Å². The molecule has 0 aromatic heterocycles. The second-order valence-corrected chi connectivity index (χ2v) is 5.18. The smallest absolute Gasteiger partial charge is 0.0261 e.